The molecule has 1 rings (SSSR count). The third-order valence-corrected chi connectivity index (χ3v) is 3.90. The zero-order valence-electron chi connectivity index (χ0n) is 10.6. The quantitative estimate of drug-likeness (QED) is 0.730. The summed E-state index contributed by atoms with van der Waals surface area (Å²) in [4.78, 5) is 0. The summed E-state index contributed by atoms with van der Waals surface area (Å²) in [6.07, 6.45) is 3.11. The Balaban J connectivity index is 2.77. The first-order valence-electron chi connectivity index (χ1n) is 6.04. The summed E-state index contributed by atoms with van der Waals surface area (Å²) >= 11 is 18.0. The smallest absolute Gasteiger partial charge is 0.139 e. The third kappa shape index (κ3) is 4.51. The average Bonchev–Trinajstić information content (AvgIpc) is 2.36. The Bertz CT molecular complexity index is 385. The molecule has 0 spiro atoms. The molecule has 1 aromatic carbocycles. The van der Waals surface area contributed by atoms with E-state index in [2.05, 4.69) is 12.2 Å². The number of ether oxygens (including phenoxy) is 1. The van der Waals surface area contributed by atoms with E-state index in [9.17, 15) is 0 Å². The minimum Gasteiger partial charge on any atom is -0.489 e. The molecular formula is C13H18Cl3NO. The highest BCUT2D eigenvalue weighted by Crippen LogP contribution is 2.37. The summed E-state index contributed by atoms with van der Waals surface area (Å²) in [6, 6.07) is 3.46. The van der Waals surface area contributed by atoms with Crippen LogP contribution in [-0.2, 0) is 0 Å². The van der Waals surface area contributed by atoms with Gasteiger partial charge in [0.2, 0.25) is 0 Å². The van der Waals surface area contributed by atoms with Gasteiger partial charge in [0.15, 0.2) is 0 Å². The van der Waals surface area contributed by atoms with Gasteiger partial charge in [0.05, 0.1) is 16.1 Å². The largest absolute Gasteiger partial charge is 0.489 e. The number of rotatable bonds is 7. The molecule has 1 aromatic rings. The van der Waals surface area contributed by atoms with Crippen molar-refractivity contribution in [2.75, 3.05) is 13.6 Å². The van der Waals surface area contributed by atoms with Gasteiger partial charge in [0.1, 0.15) is 10.8 Å². The molecule has 1 N–H and O–H groups in total. The number of benzene rings is 1. The van der Waals surface area contributed by atoms with Crippen molar-refractivity contribution in [3.05, 3.63) is 27.2 Å². The van der Waals surface area contributed by atoms with Crippen LogP contribution in [0.25, 0.3) is 0 Å². The van der Waals surface area contributed by atoms with E-state index in [1.807, 2.05) is 7.05 Å². The van der Waals surface area contributed by atoms with Crippen LogP contribution in [0.4, 0.5) is 0 Å². The van der Waals surface area contributed by atoms with Crippen molar-refractivity contribution >= 4 is 34.8 Å². The first-order chi connectivity index (χ1) is 8.60. The molecule has 0 fully saturated rings. The van der Waals surface area contributed by atoms with Crippen LogP contribution >= 0.6 is 34.8 Å². The molecule has 0 saturated heterocycles. The van der Waals surface area contributed by atoms with Crippen molar-refractivity contribution < 1.29 is 4.74 Å². The summed E-state index contributed by atoms with van der Waals surface area (Å²) in [7, 11) is 1.93. The minimum atomic E-state index is 0.136. The Labute approximate surface area is 124 Å². The predicted molar refractivity (Wildman–Crippen MR) is 79.3 cm³/mol. The molecule has 0 radical (unpaired) electrons. The fraction of sp³-hybridized carbons (Fsp3) is 0.538. The molecule has 0 aliphatic heterocycles. The predicted octanol–water partition coefficient (Wildman–Crippen LogP) is 4.80. The molecule has 0 bridgehead atoms. The van der Waals surface area contributed by atoms with Gasteiger partial charge < -0.3 is 10.1 Å². The van der Waals surface area contributed by atoms with Gasteiger partial charge in [0, 0.05) is 0 Å². The normalized spacial score (nSPS) is 12.5. The molecule has 102 valence electrons. The summed E-state index contributed by atoms with van der Waals surface area (Å²) in [5.41, 5.74) is 0. The summed E-state index contributed by atoms with van der Waals surface area (Å²) in [5.74, 6) is 0.598. The second-order valence-corrected chi connectivity index (χ2v) is 5.26. The average molecular weight is 311 g/mol. The van der Waals surface area contributed by atoms with Gasteiger partial charge in [-0.15, -0.1) is 0 Å². The van der Waals surface area contributed by atoms with Crippen molar-refractivity contribution in [2.45, 2.75) is 32.3 Å². The first kappa shape index (κ1) is 15.9. The monoisotopic (exact) mass is 309 g/mol. The SMILES string of the molecule is CCC[C@@H](CCNC)Oc1ccc(Cl)c(Cl)c1Cl. The van der Waals surface area contributed by atoms with E-state index in [1.54, 1.807) is 12.1 Å². The zero-order chi connectivity index (χ0) is 13.5. The highest BCUT2D eigenvalue weighted by atomic mass is 35.5. The van der Waals surface area contributed by atoms with Crippen LogP contribution in [0.2, 0.25) is 15.1 Å². The van der Waals surface area contributed by atoms with Gasteiger partial charge in [-0.25, -0.2) is 0 Å². The Morgan fingerprint density at radius 2 is 1.89 bits per heavy atom. The maximum Gasteiger partial charge on any atom is 0.139 e. The number of hydrogen-bond donors (Lipinski definition) is 1. The van der Waals surface area contributed by atoms with Crippen molar-refractivity contribution in [1.29, 1.82) is 0 Å². The second kappa shape index (κ2) is 8.11. The minimum absolute atomic E-state index is 0.136. The topological polar surface area (TPSA) is 21.3 Å². The first-order valence-corrected chi connectivity index (χ1v) is 7.18. The number of halogens is 3. The molecule has 0 aliphatic carbocycles. The van der Waals surface area contributed by atoms with E-state index < -0.39 is 0 Å². The third-order valence-electron chi connectivity index (χ3n) is 2.62. The van der Waals surface area contributed by atoms with E-state index in [4.69, 9.17) is 39.5 Å². The molecular weight excluding hydrogens is 293 g/mol. The van der Waals surface area contributed by atoms with Gasteiger partial charge >= 0.3 is 0 Å². The van der Waals surface area contributed by atoms with Crippen LogP contribution < -0.4 is 10.1 Å². The van der Waals surface area contributed by atoms with Crippen molar-refractivity contribution in [1.82, 2.24) is 5.32 Å². The van der Waals surface area contributed by atoms with Crippen LogP contribution in [0.5, 0.6) is 5.75 Å². The maximum atomic E-state index is 6.12. The van der Waals surface area contributed by atoms with Crippen LogP contribution in [0.15, 0.2) is 12.1 Å². The fourth-order valence-corrected chi connectivity index (χ4v) is 2.24. The van der Waals surface area contributed by atoms with Crippen LogP contribution in [0.1, 0.15) is 26.2 Å². The molecule has 5 heteroatoms. The highest BCUT2D eigenvalue weighted by molar-refractivity contribution is 6.48. The Hall–Kier alpha value is -0.150. The molecule has 2 nitrogen and oxygen atoms in total. The molecule has 0 amide bonds. The number of nitrogens with one attached hydrogen (secondary N) is 1. The number of hydrogen-bond acceptors (Lipinski definition) is 2. The lowest BCUT2D eigenvalue weighted by Gasteiger charge is -2.19. The Kier molecular flexibility index (Phi) is 7.16. The Morgan fingerprint density at radius 1 is 1.17 bits per heavy atom. The van der Waals surface area contributed by atoms with Gasteiger partial charge in [-0.2, -0.15) is 0 Å². The van der Waals surface area contributed by atoms with Crippen molar-refractivity contribution in [2.24, 2.45) is 0 Å². The second-order valence-electron chi connectivity index (χ2n) is 4.09. The van der Waals surface area contributed by atoms with Crippen LogP contribution in [0.3, 0.4) is 0 Å². The van der Waals surface area contributed by atoms with Crippen LogP contribution in [0, 0.1) is 0 Å². The van der Waals surface area contributed by atoms with Gasteiger partial charge in [-0.05, 0) is 38.6 Å². The summed E-state index contributed by atoms with van der Waals surface area (Å²) in [6.45, 7) is 3.04. The van der Waals surface area contributed by atoms with Crippen molar-refractivity contribution in [3.63, 3.8) is 0 Å². The molecule has 1 atom stereocenters. The van der Waals surface area contributed by atoms with Gasteiger partial charge in [0.25, 0.3) is 0 Å². The fourth-order valence-electron chi connectivity index (χ4n) is 1.67. The lowest BCUT2D eigenvalue weighted by atomic mass is 10.1. The summed E-state index contributed by atoms with van der Waals surface area (Å²) < 4.78 is 5.91. The molecule has 0 heterocycles. The van der Waals surface area contributed by atoms with Crippen LogP contribution in [-0.4, -0.2) is 19.7 Å². The lowest BCUT2D eigenvalue weighted by molar-refractivity contribution is 0.180. The summed E-state index contributed by atoms with van der Waals surface area (Å²) in [5, 5.41) is 4.29. The highest BCUT2D eigenvalue weighted by Gasteiger charge is 2.14. The maximum absolute atomic E-state index is 6.12. The van der Waals surface area contributed by atoms with Crippen molar-refractivity contribution in [3.8, 4) is 5.75 Å². The van der Waals surface area contributed by atoms with E-state index in [0.717, 1.165) is 25.8 Å². The molecule has 0 aromatic heterocycles. The van der Waals surface area contributed by atoms with E-state index in [0.29, 0.717) is 20.8 Å². The van der Waals surface area contributed by atoms with E-state index in [-0.39, 0.29) is 6.10 Å². The Morgan fingerprint density at radius 3 is 2.50 bits per heavy atom. The standard InChI is InChI=1S/C13H18Cl3NO/c1-3-4-9(7-8-17-2)18-11-6-5-10(14)12(15)13(11)16/h5-6,9,17H,3-4,7-8H2,1-2H3/t9-/m0/s1. The van der Waals surface area contributed by atoms with Gasteiger partial charge in [-0.3, -0.25) is 0 Å². The zero-order valence-corrected chi connectivity index (χ0v) is 12.9. The molecule has 0 aliphatic rings. The van der Waals surface area contributed by atoms with E-state index >= 15 is 0 Å². The molecule has 0 saturated carbocycles. The van der Waals surface area contributed by atoms with E-state index in [1.165, 1.54) is 0 Å². The molecule has 18 heavy (non-hydrogen) atoms. The lowest BCUT2D eigenvalue weighted by Crippen LogP contribution is -2.22. The van der Waals surface area contributed by atoms with Gasteiger partial charge in [-0.1, -0.05) is 48.1 Å². The molecule has 0 unspecified atom stereocenters.